The van der Waals surface area contributed by atoms with Gasteiger partial charge in [0.1, 0.15) is 0 Å². The zero-order valence-electron chi connectivity index (χ0n) is 7.26. The summed E-state index contributed by atoms with van der Waals surface area (Å²) in [7, 11) is 0. The molecule has 1 unspecified atom stereocenters. The van der Waals surface area contributed by atoms with E-state index in [0.29, 0.717) is 5.25 Å². The van der Waals surface area contributed by atoms with Gasteiger partial charge >= 0.3 is 0 Å². The van der Waals surface area contributed by atoms with Crippen molar-refractivity contribution in [2.24, 2.45) is 0 Å². The normalized spacial score (nSPS) is 13.1. The lowest BCUT2D eigenvalue weighted by Crippen LogP contribution is -1.89. The minimum absolute atomic E-state index is 0.343. The summed E-state index contributed by atoms with van der Waals surface area (Å²) in [5.41, 5.74) is 3.99. The Balaban J connectivity index is 3.09. The molecule has 1 atom stereocenters. The molecular weight excluding hydrogens is 152 g/mol. The highest BCUT2D eigenvalue weighted by Gasteiger charge is 2.02. The first-order valence-electron chi connectivity index (χ1n) is 3.86. The topological polar surface area (TPSA) is 0 Å². The molecule has 11 heavy (non-hydrogen) atoms. The van der Waals surface area contributed by atoms with Gasteiger partial charge in [-0.25, -0.2) is 0 Å². The van der Waals surface area contributed by atoms with Gasteiger partial charge in [0.15, 0.2) is 0 Å². The van der Waals surface area contributed by atoms with Gasteiger partial charge in [0.05, 0.1) is 0 Å². The Bertz CT molecular complexity index is 251. The summed E-state index contributed by atoms with van der Waals surface area (Å²) < 4.78 is 0. The van der Waals surface area contributed by atoms with Crippen molar-refractivity contribution in [2.75, 3.05) is 0 Å². The highest BCUT2D eigenvalue weighted by molar-refractivity contribution is 7.80. The second-order valence-corrected chi connectivity index (χ2v) is 3.81. The molecule has 0 aliphatic carbocycles. The van der Waals surface area contributed by atoms with E-state index in [1.54, 1.807) is 0 Å². The van der Waals surface area contributed by atoms with Gasteiger partial charge in [-0.1, -0.05) is 23.8 Å². The van der Waals surface area contributed by atoms with Crippen LogP contribution in [-0.2, 0) is 0 Å². The molecule has 0 saturated heterocycles. The molecule has 0 aliphatic heterocycles. The number of hydrogen-bond acceptors (Lipinski definition) is 1. The van der Waals surface area contributed by atoms with Crippen LogP contribution in [0.2, 0.25) is 0 Å². The van der Waals surface area contributed by atoms with Gasteiger partial charge in [-0.05, 0) is 31.9 Å². The number of hydrogen-bond donors (Lipinski definition) is 1. The van der Waals surface area contributed by atoms with Crippen LogP contribution in [0, 0.1) is 13.8 Å². The number of benzene rings is 1. The van der Waals surface area contributed by atoms with Crippen molar-refractivity contribution in [3.05, 3.63) is 34.9 Å². The predicted octanol–water partition coefficient (Wildman–Crippen LogP) is 3.29. The van der Waals surface area contributed by atoms with E-state index in [1.807, 2.05) is 0 Å². The fourth-order valence-corrected chi connectivity index (χ4v) is 1.58. The van der Waals surface area contributed by atoms with Crippen molar-refractivity contribution >= 4 is 12.6 Å². The molecule has 0 radical (unpaired) electrons. The van der Waals surface area contributed by atoms with Crippen LogP contribution in [0.4, 0.5) is 0 Å². The molecule has 1 aromatic carbocycles. The number of thiol groups is 1. The minimum atomic E-state index is 0.343. The summed E-state index contributed by atoms with van der Waals surface area (Å²) in [5.74, 6) is 0. The molecule has 0 saturated carbocycles. The van der Waals surface area contributed by atoms with Gasteiger partial charge < -0.3 is 0 Å². The highest BCUT2D eigenvalue weighted by atomic mass is 32.1. The molecule has 0 spiro atoms. The van der Waals surface area contributed by atoms with E-state index in [9.17, 15) is 0 Å². The van der Waals surface area contributed by atoms with E-state index in [4.69, 9.17) is 0 Å². The van der Waals surface area contributed by atoms with Crippen LogP contribution in [0.15, 0.2) is 18.2 Å². The molecule has 60 valence electrons. The van der Waals surface area contributed by atoms with Crippen LogP contribution < -0.4 is 0 Å². The van der Waals surface area contributed by atoms with Gasteiger partial charge in [-0.2, -0.15) is 12.6 Å². The van der Waals surface area contributed by atoms with Crippen LogP contribution in [-0.4, -0.2) is 0 Å². The maximum Gasteiger partial charge on any atom is 0.0241 e. The summed E-state index contributed by atoms with van der Waals surface area (Å²) in [5, 5.41) is 0.343. The zero-order chi connectivity index (χ0) is 8.43. The molecule has 1 rings (SSSR count). The second kappa shape index (κ2) is 3.31. The van der Waals surface area contributed by atoms with Crippen LogP contribution in [0.3, 0.4) is 0 Å². The first-order chi connectivity index (χ1) is 5.11. The van der Waals surface area contributed by atoms with Gasteiger partial charge in [0.25, 0.3) is 0 Å². The third-order valence-corrected chi connectivity index (χ3v) is 2.15. The molecule has 0 amide bonds. The van der Waals surface area contributed by atoms with Crippen molar-refractivity contribution < 1.29 is 0 Å². The Morgan fingerprint density at radius 2 is 1.91 bits per heavy atom. The largest absolute Gasteiger partial charge is 0.171 e. The lowest BCUT2D eigenvalue weighted by molar-refractivity contribution is 1.08. The SMILES string of the molecule is Cc1ccc(C(C)S)c(C)c1. The maximum atomic E-state index is 4.39. The highest BCUT2D eigenvalue weighted by Crippen LogP contribution is 2.22. The average Bonchev–Trinajstić information content (AvgIpc) is 1.85. The van der Waals surface area contributed by atoms with Crippen LogP contribution in [0.5, 0.6) is 0 Å². The van der Waals surface area contributed by atoms with Crippen LogP contribution >= 0.6 is 12.6 Å². The molecule has 0 heterocycles. The Labute approximate surface area is 74.0 Å². The third-order valence-electron chi connectivity index (χ3n) is 1.88. The molecule has 0 aliphatic rings. The monoisotopic (exact) mass is 166 g/mol. The Morgan fingerprint density at radius 1 is 1.27 bits per heavy atom. The number of rotatable bonds is 1. The fourth-order valence-electron chi connectivity index (χ4n) is 1.29. The smallest absolute Gasteiger partial charge is 0.0241 e. The standard InChI is InChI=1S/C10H14S/c1-7-4-5-10(9(3)11)8(2)6-7/h4-6,9,11H,1-3H3. The summed E-state index contributed by atoms with van der Waals surface area (Å²) in [6.45, 7) is 6.34. The summed E-state index contributed by atoms with van der Waals surface area (Å²) in [6.07, 6.45) is 0. The molecular formula is C10H14S. The number of aryl methyl sites for hydroxylation is 2. The predicted molar refractivity (Wildman–Crippen MR) is 53.3 cm³/mol. The maximum absolute atomic E-state index is 4.39. The molecule has 0 N–H and O–H groups in total. The van der Waals surface area contributed by atoms with E-state index < -0.39 is 0 Å². The molecule has 1 heteroatoms. The Hall–Kier alpha value is -0.430. The molecule has 1 aromatic rings. The van der Waals surface area contributed by atoms with Crippen molar-refractivity contribution in [2.45, 2.75) is 26.0 Å². The third kappa shape index (κ3) is 2.00. The minimum Gasteiger partial charge on any atom is -0.171 e. The average molecular weight is 166 g/mol. The first kappa shape index (κ1) is 8.66. The molecule has 0 nitrogen and oxygen atoms in total. The van der Waals surface area contributed by atoms with E-state index in [-0.39, 0.29) is 0 Å². The Morgan fingerprint density at radius 3 is 2.36 bits per heavy atom. The van der Waals surface area contributed by atoms with Gasteiger partial charge in [0, 0.05) is 5.25 Å². The summed E-state index contributed by atoms with van der Waals surface area (Å²) in [4.78, 5) is 0. The van der Waals surface area contributed by atoms with Crippen molar-refractivity contribution in [1.82, 2.24) is 0 Å². The second-order valence-electron chi connectivity index (χ2n) is 3.04. The van der Waals surface area contributed by atoms with Crippen LogP contribution in [0.1, 0.15) is 28.9 Å². The molecule has 0 bridgehead atoms. The summed E-state index contributed by atoms with van der Waals surface area (Å²) in [6, 6.07) is 6.49. The van der Waals surface area contributed by atoms with Crippen molar-refractivity contribution in [3.63, 3.8) is 0 Å². The van der Waals surface area contributed by atoms with Gasteiger partial charge in [0.2, 0.25) is 0 Å². The van der Waals surface area contributed by atoms with E-state index in [2.05, 4.69) is 51.6 Å². The first-order valence-corrected chi connectivity index (χ1v) is 4.38. The molecule has 0 aromatic heterocycles. The van der Waals surface area contributed by atoms with Gasteiger partial charge in [-0.3, -0.25) is 0 Å². The van der Waals surface area contributed by atoms with E-state index in [1.165, 1.54) is 16.7 Å². The fraction of sp³-hybridized carbons (Fsp3) is 0.400. The lowest BCUT2D eigenvalue weighted by atomic mass is 10.0. The lowest BCUT2D eigenvalue weighted by Gasteiger charge is -2.08. The Kier molecular flexibility index (Phi) is 2.61. The molecule has 0 fully saturated rings. The quantitative estimate of drug-likeness (QED) is 0.608. The van der Waals surface area contributed by atoms with Crippen LogP contribution in [0.25, 0.3) is 0 Å². The van der Waals surface area contributed by atoms with Crippen molar-refractivity contribution in [1.29, 1.82) is 0 Å². The van der Waals surface area contributed by atoms with Crippen molar-refractivity contribution in [3.8, 4) is 0 Å². The van der Waals surface area contributed by atoms with E-state index in [0.717, 1.165) is 0 Å². The van der Waals surface area contributed by atoms with Gasteiger partial charge in [-0.15, -0.1) is 0 Å². The van der Waals surface area contributed by atoms with E-state index >= 15 is 0 Å². The summed E-state index contributed by atoms with van der Waals surface area (Å²) >= 11 is 4.39. The zero-order valence-corrected chi connectivity index (χ0v) is 8.15.